The fraction of sp³-hybridized carbons (Fsp3) is 0.133. The molecule has 0 aromatic heterocycles. The highest BCUT2D eigenvalue weighted by Crippen LogP contribution is 2.26. The van der Waals surface area contributed by atoms with Crippen LogP contribution < -0.4 is 10.5 Å². The van der Waals surface area contributed by atoms with E-state index in [1.807, 2.05) is 12.1 Å². The third kappa shape index (κ3) is 4.09. The lowest BCUT2D eigenvalue weighted by atomic mass is 10.2. The average Bonchev–Trinajstić information content (AvgIpc) is 2.48. The summed E-state index contributed by atoms with van der Waals surface area (Å²) in [6.45, 7) is 0.582. The van der Waals surface area contributed by atoms with Crippen LogP contribution >= 0.6 is 23.4 Å². The van der Waals surface area contributed by atoms with Crippen LogP contribution in [0.5, 0.6) is 5.75 Å². The third-order valence-electron chi connectivity index (χ3n) is 2.58. The van der Waals surface area contributed by atoms with Crippen LogP contribution in [0.3, 0.4) is 0 Å². The summed E-state index contributed by atoms with van der Waals surface area (Å²) in [6.07, 6.45) is 0. The zero-order valence-electron chi connectivity index (χ0n) is 10.7. The van der Waals surface area contributed by atoms with Crippen LogP contribution in [0.4, 0.5) is 5.69 Å². The van der Waals surface area contributed by atoms with Gasteiger partial charge in [-0.1, -0.05) is 11.6 Å². The number of hydrogen-bond donors (Lipinski definition) is 1. The van der Waals surface area contributed by atoms with E-state index < -0.39 is 0 Å². The standard InChI is InChI=1S/C15H13ClN2OS/c16-14-9-13(5-6-15(14)18)20-8-7-19-12-3-1-11(10-17)2-4-12/h1-6,9H,7-8,18H2. The predicted octanol–water partition coefficient (Wildman–Crippen LogP) is 3.96. The van der Waals surface area contributed by atoms with Gasteiger partial charge in [0.1, 0.15) is 5.75 Å². The number of anilines is 1. The van der Waals surface area contributed by atoms with Crippen molar-refractivity contribution >= 4 is 29.1 Å². The Kier molecular flexibility index (Phi) is 5.16. The van der Waals surface area contributed by atoms with Gasteiger partial charge in [-0.2, -0.15) is 5.26 Å². The zero-order valence-corrected chi connectivity index (χ0v) is 12.2. The number of thioether (sulfide) groups is 1. The van der Waals surface area contributed by atoms with Gasteiger partial charge in [0.25, 0.3) is 0 Å². The molecular formula is C15H13ClN2OS. The lowest BCUT2D eigenvalue weighted by Crippen LogP contribution is -2.00. The Morgan fingerprint density at radius 1 is 1.20 bits per heavy atom. The molecule has 0 saturated heterocycles. The largest absolute Gasteiger partial charge is 0.493 e. The minimum Gasteiger partial charge on any atom is -0.493 e. The number of nitrogens with zero attached hydrogens (tertiary/aromatic N) is 1. The first-order valence-corrected chi connectivity index (χ1v) is 7.36. The van der Waals surface area contributed by atoms with Gasteiger partial charge in [0, 0.05) is 10.6 Å². The molecule has 0 aliphatic carbocycles. The fourth-order valence-corrected chi connectivity index (χ4v) is 2.56. The minimum atomic E-state index is 0.572. The van der Waals surface area contributed by atoms with Gasteiger partial charge in [-0.05, 0) is 42.5 Å². The Morgan fingerprint density at radius 2 is 1.95 bits per heavy atom. The summed E-state index contributed by atoms with van der Waals surface area (Å²) >= 11 is 7.61. The van der Waals surface area contributed by atoms with Crippen LogP contribution in [0.15, 0.2) is 47.4 Å². The van der Waals surface area contributed by atoms with E-state index in [4.69, 9.17) is 27.3 Å². The molecule has 2 aromatic carbocycles. The highest BCUT2D eigenvalue weighted by Gasteiger charge is 2.00. The van der Waals surface area contributed by atoms with Crippen LogP contribution in [-0.4, -0.2) is 12.4 Å². The van der Waals surface area contributed by atoms with Gasteiger partial charge in [0.2, 0.25) is 0 Å². The highest BCUT2D eigenvalue weighted by molar-refractivity contribution is 7.99. The minimum absolute atomic E-state index is 0.572. The molecule has 0 fully saturated rings. The third-order valence-corrected chi connectivity index (χ3v) is 3.86. The van der Waals surface area contributed by atoms with Crippen LogP contribution in [0.1, 0.15) is 5.56 Å². The summed E-state index contributed by atoms with van der Waals surface area (Å²) in [6, 6.07) is 14.7. The van der Waals surface area contributed by atoms with Crippen molar-refractivity contribution in [3.05, 3.63) is 53.1 Å². The van der Waals surface area contributed by atoms with E-state index in [1.165, 1.54) is 0 Å². The maximum Gasteiger partial charge on any atom is 0.119 e. The summed E-state index contributed by atoms with van der Waals surface area (Å²) < 4.78 is 5.59. The smallest absolute Gasteiger partial charge is 0.119 e. The Balaban J connectivity index is 1.78. The Morgan fingerprint density at radius 3 is 2.60 bits per heavy atom. The molecule has 0 saturated carbocycles. The molecule has 0 aliphatic rings. The van der Waals surface area contributed by atoms with E-state index in [9.17, 15) is 0 Å². The molecule has 102 valence electrons. The van der Waals surface area contributed by atoms with Crippen molar-refractivity contribution in [1.29, 1.82) is 5.26 Å². The van der Waals surface area contributed by atoms with Gasteiger partial charge in [-0.25, -0.2) is 0 Å². The van der Waals surface area contributed by atoms with Crippen LogP contribution in [0.2, 0.25) is 5.02 Å². The van der Waals surface area contributed by atoms with E-state index in [2.05, 4.69) is 6.07 Å². The molecule has 0 spiro atoms. The van der Waals surface area contributed by atoms with Crippen molar-refractivity contribution in [3.8, 4) is 11.8 Å². The Hall–Kier alpha value is -1.83. The monoisotopic (exact) mass is 304 g/mol. The number of rotatable bonds is 5. The van der Waals surface area contributed by atoms with Crippen molar-refractivity contribution in [2.24, 2.45) is 0 Å². The molecular weight excluding hydrogens is 292 g/mol. The summed E-state index contributed by atoms with van der Waals surface area (Å²) in [4.78, 5) is 1.06. The van der Waals surface area contributed by atoms with E-state index in [0.29, 0.717) is 22.9 Å². The second-order valence-corrected chi connectivity index (χ2v) is 5.59. The van der Waals surface area contributed by atoms with Gasteiger partial charge in [0.15, 0.2) is 0 Å². The summed E-state index contributed by atoms with van der Waals surface area (Å²) in [7, 11) is 0. The Labute approximate surface area is 127 Å². The van der Waals surface area contributed by atoms with Crippen LogP contribution in [0, 0.1) is 11.3 Å². The average molecular weight is 305 g/mol. The second-order valence-electron chi connectivity index (χ2n) is 4.02. The first-order chi connectivity index (χ1) is 9.69. The van der Waals surface area contributed by atoms with Crippen LogP contribution in [0.25, 0.3) is 0 Å². The van der Waals surface area contributed by atoms with E-state index in [-0.39, 0.29) is 0 Å². The van der Waals surface area contributed by atoms with Gasteiger partial charge in [-0.15, -0.1) is 11.8 Å². The number of hydrogen-bond acceptors (Lipinski definition) is 4. The van der Waals surface area contributed by atoms with Crippen molar-refractivity contribution in [2.75, 3.05) is 18.1 Å². The van der Waals surface area contributed by atoms with Crippen molar-refractivity contribution in [1.82, 2.24) is 0 Å². The topological polar surface area (TPSA) is 59.0 Å². The van der Waals surface area contributed by atoms with Gasteiger partial charge < -0.3 is 10.5 Å². The van der Waals surface area contributed by atoms with E-state index in [1.54, 1.807) is 42.1 Å². The molecule has 0 aliphatic heterocycles. The van der Waals surface area contributed by atoms with Crippen molar-refractivity contribution in [3.63, 3.8) is 0 Å². The summed E-state index contributed by atoms with van der Waals surface area (Å²) in [5, 5.41) is 9.27. The first-order valence-electron chi connectivity index (χ1n) is 6.00. The number of nitrogen functional groups attached to an aromatic ring is 1. The van der Waals surface area contributed by atoms with E-state index >= 15 is 0 Å². The normalized spacial score (nSPS) is 10.0. The molecule has 2 aromatic rings. The SMILES string of the molecule is N#Cc1ccc(OCCSc2ccc(N)c(Cl)c2)cc1. The highest BCUT2D eigenvalue weighted by atomic mass is 35.5. The maximum atomic E-state index is 8.70. The fourth-order valence-electron chi connectivity index (χ4n) is 1.54. The molecule has 2 rings (SSSR count). The lowest BCUT2D eigenvalue weighted by molar-refractivity contribution is 0.344. The van der Waals surface area contributed by atoms with Gasteiger partial charge >= 0.3 is 0 Å². The van der Waals surface area contributed by atoms with Crippen molar-refractivity contribution < 1.29 is 4.74 Å². The number of ether oxygens (including phenoxy) is 1. The van der Waals surface area contributed by atoms with Gasteiger partial charge in [0.05, 0.1) is 28.9 Å². The maximum absolute atomic E-state index is 8.70. The quantitative estimate of drug-likeness (QED) is 0.516. The molecule has 20 heavy (non-hydrogen) atoms. The van der Waals surface area contributed by atoms with Gasteiger partial charge in [-0.3, -0.25) is 0 Å². The van der Waals surface area contributed by atoms with Crippen molar-refractivity contribution in [2.45, 2.75) is 4.90 Å². The molecule has 0 amide bonds. The summed E-state index contributed by atoms with van der Waals surface area (Å²) in [5.41, 5.74) is 6.87. The second kappa shape index (κ2) is 7.09. The molecule has 2 N–H and O–H groups in total. The molecule has 5 heteroatoms. The Bertz CT molecular complexity index is 623. The number of halogens is 1. The number of nitriles is 1. The lowest BCUT2D eigenvalue weighted by Gasteiger charge is -2.07. The summed E-state index contributed by atoms with van der Waals surface area (Å²) in [5.74, 6) is 1.57. The molecule has 0 heterocycles. The molecule has 0 bridgehead atoms. The number of nitrogens with two attached hydrogens (primary N) is 1. The molecule has 0 atom stereocenters. The predicted molar refractivity (Wildman–Crippen MR) is 83.2 cm³/mol. The van der Waals surface area contributed by atoms with E-state index in [0.717, 1.165) is 16.4 Å². The zero-order chi connectivity index (χ0) is 14.4. The molecule has 0 radical (unpaired) electrons. The molecule has 0 unspecified atom stereocenters. The number of benzene rings is 2. The van der Waals surface area contributed by atoms with Crippen LogP contribution in [-0.2, 0) is 0 Å². The first kappa shape index (κ1) is 14.6. The molecule has 3 nitrogen and oxygen atoms in total.